The van der Waals surface area contributed by atoms with Crippen LogP contribution in [0.25, 0.3) is 10.8 Å². The fraction of sp³-hybridized carbons (Fsp3) is 0. The van der Waals surface area contributed by atoms with Crippen LogP contribution in [0.2, 0.25) is 0 Å². The van der Waals surface area contributed by atoms with Gasteiger partial charge in [0.1, 0.15) is 0 Å². The van der Waals surface area contributed by atoms with Gasteiger partial charge in [0.25, 0.3) is 0 Å². The molecule has 0 fully saturated rings. The zero-order valence-corrected chi connectivity index (χ0v) is 9.18. The number of nitrogens with two attached hydrogens (primary N) is 2. The fourth-order valence-electron chi connectivity index (χ4n) is 1.83. The maximum absolute atomic E-state index is 10.9. The summed E-state index contributed by atoms with van der Waals surface area (Å²) in [5.74, 6) is -2.29. The molecule has 18 heavy (non-hydrogen) atoms. The molecule has 0 spiro atoms. The second-order valence-corrected chi connectivity index (χ2v) is 3.76. The number of carbonyl (C=O) groups is 2. The molecule has 0 saturated carbocycles. The van der Waals surface area contributed by atoms with Crippen LogP contribution in [-0.4, -0.2) is 22.2 Å². The molecule has 6 heteroatoms. The molecule has 0 aliphatic rings. The van der Waals surface area contributed by atoms with E-state index >= 15 is 0 Å². The molecule has 0 unspecified atom stereocenters. The van der Waals surface area contributed by atoms with Gasteiger partial charge in [-0.15, -0.1) is 0 Å². The molecular weight excluding hydrogens is 236 g/mol. The highest BCUT2D eigenvalue weighted by atomic mass is 16.4. The van der Waals surface area contributed by atoms with E-state index in [9.17, 15) is 9.59 Å². The van der Waals surface area contributed by atoms with Gasteiger partial charge in [-0.2, -0.15) is 0 Å². The molecule has 2 aromatic carbocycles. The van der Waals surface area contributed by atoms with E-state index in [2.05, 4.69) is 0 Å². The summed E-state index contributed by atoms with van der Waals surface area (Å²) in [6.07, 6.45) is 0. The average molecular weight is 246 g/mol. The van der Waals surface area contributed by atoms with Gasteiger partial charge in [-0.3, -0.25) is 0 Å². The number of fused-ring (bicyclic) bond motifs is 1. The highest BCUT2D eigenvalue weighted by Gasteiger charge is 2.15. The minimum Gasteiger partial charge on any atom is -0.478 e. The molecule has 2 aromatic rings. The van der Waals surface area contributed by atoms with Gasteiger partial charge in [0.05, 0.1) is 22.5 Å². The predicted octanol–water partition coefficient (Wildman–Crippen LogP) is 1.40. The van der Waals surface area contributed by atoms with E-state index in [1.54, 1.807) is 0 Å². The molecule has 0 aliphatic heterocycles. The van der Waals surface area contributed by atoms with Gasteiger partial charge >= 0.3 is 11.9 Å². The lowest BCUT2D eigenvalue weighted by Gasteiger charge is -2.09. The predicted molar refractivity (Wildman–Crippen MR) is 66.7 cm³/mol. The van der Waals surface area contributed by atoms with Crippen LogP contribution in [0.4, 0.5) is 11.4 Å². The molecule has 0 aromatic heterocycles. The van der Waals surface area contributed by atoms with Crippen molar-refractivity contribution in [2.75, 3.05) is 11.5 Å². The van der Waals surface area contributed by atoms with Gasteiger partial charge in [-0.1, -0.05) is 12.1 Å². The number of benzene rings is 2. The number of rotatable bonds is 2. The first-order valence-corrected chi connectivity index (χ1v) is 5.00. The van der Waals surface area contributed by atoms with Crippen LogP contribution in [0.3, 0.4) is 0 Å². The standard InChI is InChI=1S/C12H10N2O4/c13-9-5-1-3-7(11(15)16)10(14)6(5)2-4-8(9)12(17)18/h1-4H,13-14H2,(H,15,16)(H,17,18). The van der Waals surface area contributed by atoms with E-state index in [-0.39, 0.29) is 22.5 Å². The minimum absolute atomic E-state index is 0.0371. The fourth-order valence-corrected chi connectivity index (χ4v) is 1.83. The Morgan fingerprint density at radius 1 is 0.778 bits per heavy atom. The number of anilines is 2. The molecule has 2 rings (SSSR count). The summed E-state index contributed by atoms with van der Waals surface area (Å²) in [5, 5.41) is 18.7. The summed E-state index contributed by atoms with van der Waals surface area (Å²) in [5.41, 5.74) is 11.5. The summed E-state index contributed by atoms with van der Waals surface area (Å²) < 4.78 is 0. The number of aromatic carboxylic acids is 2. The lowest BCUT2D eigenvalue weighted by Crippen LogP contribution is -2.06. The van der Waals surface area contributed by atoms with Crippen LogP contribution in [-0.2, 0) is 0 Å². The summed E-state index contributed by atoms with van der Waals surface area (Å²) in [6, 6.07) is 5.53. The van der Waals surface area contributed by atoms with Gasteiger partial charge in [0.15, 0.2) is 0 Å². The van der Waals surface area contributed by atoms with Crippen LogP contribution in [0.1, 0.15) is 20.7 Å². The summed E-state index contributed by atoms with van der Waals surface area (Å²) in [7, 11) is 0. The van der Waals surface area contributed by atoms with Crippen LogP contribution in [0, 0.1) is 0 Å². The Balaban J connectivity index is 2.83. The number of hydrogen-bond donors (Lipinski definition) is 4. The first-order valence-electron chi connectivity index (χ1n) is 5.00. The Kier molecular flexibility index (Phi) is 2.55. The molecule has 0 aliphatic carbocycles. The van der Waals surface area contributed by atoms with Crippen molar-refractivity contribution in [1.82, 2.24) is 0 Å². The first kappa shape index (κ1) is 11.7. The van der Waals surface area contributed by atoms with Crippen molar-refractivity contribution in [3.63, 3.8) is 0 Å². The quantitative estimate of drug-likeness (QED) is 0.593. The third-order valence-corrected chi connectivity index (χ3v) is 2.75. The van der Waals surface area contributed by atoms with E-state index in [4.69, 9.17) is 21.7 Å². The van der Waals surface area contributed by atoms with Crippen molar-refractivity contribution < 1.29 is 19.8 Å². The van der Waals surface area contributed by atoms with Crippen molar-refractivity contribution in [2.24, 2.45) is 0 Å². The van der Waals surface area contributed by atoms with Gasteiger partial charge < -0.3 is 21.7 Å². The average Bonchev–Trinajstić information content (AvgIpc) is 2.29. The topological polar surface area (TPSA) is 127 Å². The zero-order chi connectivity index (χ0) is 13.4. The summed E-state index contributed by atoms with van der Waals surface area (Å²) >= 11 is 0. The Hall–Kier alpha value is -2.76. The van der Waals surface area contributed by atoms with Crippen molar-refractivity contribution in [3.05, 3.63) is 35.4 Å². The number of carboxylic acid groups (broad SMARTS) is 2. The smallest absolute Gasteiger partial charge is 0.337 e. The molecule has 92 valence electrons. The molecule has 6 nitrogen and oxygen atoms in total. The molecular formula is C12H10N2O4. The van der Waals surface area contributed by atoms with Gasteiger partial charge in [-0.25, -0.2) is 9.59 Å². The lowest BCUT2D eigenvalue weighted by molar-refractivity contribution is 0.0687. The van der Waals surface area contributed by atoms with Crippen LogP contribution < -0.4 is 11.5 Å². The lowest BCUT2D eigenvalue weighted by atomic mass is 10.00. The zero-order valence-electron chi connectivity index (χ0n) is 9.18. The molecule has 0 saturated heterocycles. The van der Waals surface area contributed by atoms with Crippen molar-refractivity contribution in [2.45, 2.75) is 0 Å². The second-order valence-electron chi connectivity index (χ2n) is 3.76. The van der Waals surface area contributed by atoms with Gasteiger partial charge in [0, 0.05) is 10.8 Å². The maximum Gasteiger partial charge on any atom is 0.337 e. The molecule has 0 heterocycles. The van der Waals surface area contributed by atoms with Crippen molar-refractivity contribution in [1.29, 1.82) is 0 Å². The third kappa shape index (κ3) is 1.60. The van der Waals surface area contributed by atoms with Crippen LogP contribution in [0.15, 0.2) is 24.3 Å². The van der Waals surface area contributed by atoms with Gasteiger partial charge in [-0.05, 0) is 12.1 Å². The van der Waals surface area contributed by atoms with Crippen LogP contribution in [0.5, 0.6) is 0 Å². The van der Waals surface area contributed by atoms with Crippen molar-refractivity contribution >= 4 is 34.1 Å². The number of carboxylic acids is 2. The monoisotopic (exact) mass is 246 g/mol. The molecule has 0 amide bonds. The molecule has 0 radical (unpaired) electrons. The first-order chi connectivity index (χ1) is 8.43. The normalized spacial score (nSPS) is 10.4. The third-order valence-electron chi connectivity index (χ3n) is 2.75. The highest BCUT2D eigenvalue weighted by Crippen LogP contribution is 2.31. The number of nitrogen functional groups attached to an aromatic ring is 2. The van der Waals surface area contributed by atoms with Crippen LogP contribution >= 0.6 is 0 Å². The summed E-state index contributed by atoms with van der Waals surface area (Å²) in [6.45, 7) is 0. The van der Waals surface area contributed by atoms with Crippen molar-refractivity contribution in [3.8, 4) is 0 Å². The minimum atomic E-state index is -1.14. The van der Waals surface area contributed by atoms with Gasteiger partial charge in [0.2, 0.25) is 0 Å². The SMILES string of the molecule is Nc1c(C(=O)O)ccc2c(N)c(C(=O)O)ccc12. The number of hydrogen-bond acceptors (Lipinski definition) is 4. The van der Waals surface area contributed by atoms with E-state index in [0.717, 1.165) is 0 Å². The van der Waals surface area contributed by atoms with E-state index < -0.39 is 11.9 Å². The Morgan fingerprint density at radius 2 is 1.11 bits per heavy atom. The largest absolute Gasteiger partial charge is 0.478 e. The molecule has 0 bridgehead atoms. The van der Waals surface area contributed by atoms with E-state index in [1.165, 1.54) is 24.3 Å². The molecule has 6 N–H and O–H groups in total. The Bertz CT molecular complexity index is 620. The Labute approximate surface area is 101 Å². The maximum atomic E-state index is 10.9. The van der Waals surface area contributed by atoms with E-state index in [0.29, 0.717) is 10.8 Å². The van der Waals surface area contributed by atoms with E-state index in [1.807, 2.05) is 0 Å². The molecule has 0 atom stereocenters. The Morgan fingerprint density at radius 3 is 1.39 bits per heavy atom. The summed E-state index contributed by atoms with van der Waals surface area (Å²) in [4.78, 5) is 21.8. The second kappa shape index (κ2) is 3.92. The highest BCUT2D eigenvalue weighted by molar-refractivity contribution is 6.11.